The highest BCUT2D eigenvalue weighted by Crippen LogP contribution is 2.25. The third-order valence-electron chi connectivity index (χ3n) is 3.62. The van der Waals surface area contributed by atoms with E-state index >= 15 is 0 Å². The highest BCUT2D eigenvalue weighted by molar-refractivity contribution is 5.83. The molecule has 2 aliphatic rings. The van der Waals surface area contributed by atoms with E-state index in [0.29, 0.717) is 24.4 Å². The van der Waals surface area contributed by atoms with Gasteiger partial charge in [-0.25, -0.2) is 4.79 Å². The van der Waals surface area contributed by atoms with Crippen LogP contribution in [0.3, 0.4) is 0 Å². The van der Waals surface area contributed by atoms with E-state index in [1.54, 1.807) is 13.4 Å². The zero-order chi connectivity index (χ0) is 16.1. The van der Waals surface area contributed by atoms with Crippen molar-refractivity contribution in [2.45, 2.75) is 18.9 Å². The molecule has 0 N–H and O–H groups in total. The molecule has 120 valence electrons. The van der Waals surface area contributed by atoms with E-state index in [1.807, 2.05) is 36.4 Å². The number of benzene rings is 1. The van der Waals surface area contributed by atoms with Crippen molar-refractivity contribution in [1.82, 2.24) is 0 Å². The molecule has 5 heteroatoms. The Morgan fingerprint density at radius 3 is 2.87 bits per heavy atom. The highest BCUT2D eigenvalue weighted by Gasteiger charge is 2.23. The van der Waals surface area contributed by atoms with Gasteiger partial charge in [0, 0.05) is 18.4 Å². The Morgan fingerprint density at radius 1 is 1.35 bits per heavy atom. The van der Waals surface area contributed by atoms with Crippen molar-refractivity contribution in [1.29, 1.82) is 0 Å². The Labute approximate surface area is 134 Å². The lowest BCUT2D eigenvalue weighted by Crippen LogP contribution is -2.22. The van der Waals surface area contributed by atoms with Gasteiger partial charge in [0.05, 0.1) is 13.2 Å². The average molecular weight is 314 g/mol. The lowest BCUT2D eigenvalue weighted by molar-refractivity contribution is -0.142. The summed E-state index contributed by atoms with van der Waals surface area (Å²) in [5, 5.41) is 0. The quantitative estimate of drug-likeness (QED) is 0.782. The number of carbonyl (C=O) groups excluding carboxylic acids is 1. The van der Waals surface area contributed by atoms with E-state index < -0.39 is 5.97 Å². The second kappa shape index (κ2) is 7.05. The number of cyclic esters (lactones) is 1. The minimum absolute atomic E-state index is 0.204. The van der Waals surface area contributed by atoms with Gasteiger partial charge in [0.2, 0.25) is 6.79 Å². The summed E-state index contributed by atoms with van der Waals surface area (Å²) in [4.78, 5) is 11.6. The van der Waals surface area contributed by atoms with Crippen molar-refractivity contribution in [2.24, 2.45) is 0 Å². The molecule has 1 aromatic rings. The fourth-order valence-corrected chi connectivity index (χ4v) is 2.53. The molecule has 2 aliphatic heterocycles. The number of esters is 1. The summed E-state index contributed by atoms with van der Waals surface area (Å²) in [5.74, 6) is 0.878. The van der Waals surface area contributed by atoms with Crippen LogP contribution in [0.2, 0.25) is 0 Å². The number of ether oxygens (including phenoxy) is 4. The first kappa shape index (κ1) is 15.2. The number of methoxy groups -OCH3 is 1. The first-order valence-electron chi connectivity index (χ1n) is 7.39. The van der Waals surface area contributed by atoms with Gasteiger partial charge in [-0.1, -0.05) is 30.3 Å². The molecule has 0 aromatic heterocycles. The van der Waals surface area contributed by atoms with E-state index in [-0.39, 0.29) is 12.9 Å². The predicted octanol–water partition coefficient (Wildman–Crippen LogP) is 2.85. The van der Waals surface area contributed by atoms with E-state index in [2.05, 4.69) is 0 Å². The Bertz CT molecular complexity index is 657. The zero-order valence-electron chi connectivity index (χ0n) is 12.9. The number of hydrogen-bond donors (Lipinski definition) is 0. The smallest absolute Gasteiger partial charge is 0.334 e. The standard InChI is InChI=1S/C18H18O5/c1-20-15-9-16(23-18(19)10-15)8-14(17-11-21-12-22-17)7-13-5-3-2-4-6-13/h2-6,8,10-11,16H,7,9,12H2,1H3. The van der Waals surface area contributed by atoms with Gasteiger partial charge in [-0.15, -0.1) is 0 Å². The van der Waals surface area contributed by atoms with Crippen LogP contribution in [-0.2, 0) is 30.2 Å². The van der Waals surface area contributed by atoms with Crippen molar-refractivity contribution >= 4 is 5.97 Å². The minimum Gasteiger partial charge on any atom is -0.501 e. The third-order valence-corrected chi connectivity index (χ3v) is 3.62. The molecule has 0 radical (unpaired) electrons. The van der Waals surface area contributed by atoms with Crippen molar-refractivity contribution in [2.75, 3.05) is 13.9 Å². The van der Waals surface area contributed by atoms with Crippen LogP contribution in [0, 0.1) is 0 Å². The van der Waals surface area contributed by atoms with Crippen molar-refractivity contribution in [3.05, 3.63) is 71.4 Å². The summed E-state index contributed by atoms with van der Waals surface area (Å²) in [6.45, 7) is 0.204. The first-order valence-corrected chi connectivity index (χ1v) is 7.39. The van der Waals surface area contributed by atoms with Crippen LogP contribution in [-0.4, -0.2) is 26.0 Å². The predicted molar refractivity (Wildman–Crippen MR) is 82.9 cm³/mol. The molecule has 0 saturated carbocycles. The maximum atomic E-state index is 11.6. The Balaban J connectivity index is 1.83. The molecule has 3 rings (SSSR count). The molecule has 1 atom stereocenters. The van der Waals surface area contributed by atoms with Crippen molar-refractivity contribution < 1.29 is 23.7 Å². The molecule has 0 amide bonds. The summed E-state index contributed by atoms with van der Waals surface area (Å²) in [6.07, 6.45) is 5.65. The Kier molecular flexibility index (Phi) is 4.66. The molecular formula is C18H18O5. The maximum absolute atomic E-state index is 11.6. The summed E-state index contributed by atoms with van der Waals surface area (Å²) in [6, 6.07) is 10.0. The van der Waals surface area contributed by atoms with Gasteiger partial charge < -0.3 is 18.9 Å². The van der Waals surface area contributed by atoms with Gasteiger partial charge in [0.15, 0.2) is 5.76 Å². The number of rotatable bonds is 5. The molecule has 0 aliphatic carbocycles. The van der Waals surface area contributed by atoms with Crippen LogP contribution in [0.1, 0.15) is 12.0 Å². The topological polar surface area (TPSA) is 54.0 Å². The zero-order valence-corrected chi connectivity index (χ0v) is 12.9. The summed E-state index contributed by atoms with van der Waals surface area (Å²) < 4.78 is 21.2. The second-order valence-electron chi connectivity index (χ2n) is 5.26. The lowest BCUT2D eigenvalue weighted by Gasteiger charge is -2.21. The molecule has 1 aromatic carbocycles. The van der Waals surface area contributed by atoms with Crippen LogP contribution in [0.5, 0.6) is 0 Å². The number of carbonyl (C=O) groups is 1. The van der Waals surface area contributed by atoms with E-state index in [9.17, 15) is 4.79 Å². The summed E-state index contributed by atoms with van der Waals surface area (Å²) >= 11 is 0. The van der Waals surface area contributed by atoms with E-state index in [0.717, 1.165) is 11.1 Å². The Hall–Kier alpha value is -2.69. The molecule has 0 fully saturated rings. The fourth-order valence-electron chi connectivity index (χ4n) is 2.53. The molecular weight excluding hydrogens is 296 g/mol. The average Bonchev–Trinajstić information content (AvgIpc) is 3.09. The van der Waals surface area contributed by atoms with Gasteiger partial charge in [0.1, 0.15) is 18.1 Å². The maximum Gasteiger partial charge on any atom is 0.334 e. The molecule has 1 unspecified atom stereocenters. The second-order valence-corrected chi connectivity index (χ2v) is 5.26. The number of hydrogen-bond acceptors (Lipinski definition) is 5. The molecule has 23 heavy (non-hydrogen) atoms. The van der Waals surface area contributed by atoms with Gasteiger partial charge in [-0.2, -0.15) is 0 Å². The monoisotopic (exact) mass is 314 g/mol. The fraction of sp³-hybridized carbons (Fsp3) is 0.278. The normalized spacial score (nSPS) is 20.8. The molecule has 0 saturated heterocycles. The van der Waals surface area contributed by atoms with Crippen LogP contribution >= 0.6 is 0 Å². The molecule has 0 bridgehead atoms. The van der Waals surface area contributed by atoms with Gasteiger partial charge >= 0.3 is 5.97 Å². The van der Waals surface area contributed by atoms with Gasteiger partial charge in [-0.05, 0) is 11.6 Å². The van der Waals surface area contributed by atoms with Crippen LogP contribution in [0.4, 0.5) is 0 Å². The van der Waals surface area contributed by atoms with E-state index in [4.69, 9.17) is 18.9 Å². The SMILES string of the molecule is COC1=CC(=O)OC(C=C(Cc2ccccc2)C2=COCO2)C1. The number of allylic oxidation sites excluding steroid dienone is 1. The summed E-state index contributed by atoms with van der Waals surface area (Å²) in [5.41, 5.74) is 2.06. The van der Waals surface area contributed by atoms with Crippen LogP contribution in [0.25, 0.3) is 0 Å². The minimum atomic E-state index is -0.397. The summed E-state index contributed by atoms with van der Waals surface area (Å²) in [7, 11) is 1.55. The van der Waals surface area contributed by atoms with Crippen molar-refractivity contribution in [3.8, 4) is 0 Å². The largest absolute Gasteiger partial charge is 0.501 e. The third kappa shape index (κ3) is 3.94. The highest BCUT2D eigenvalue weighted by atomic mass is 16.7. The van der Waals surface area contributed by atoms with Gasteiger partial charge in [-0.3, -0.25) is 0 Å². The molecule has 2 heterocycles. The van der Waals surface area contributed by atoms with Crippen molar-refractivity contribution in [3.63, 3.8) is 0 Å². The van der Waals surface area contributed by atoms with Gasteiger partial charge in [0.25, 0.3) is 0 Å². The Morgan fingerprint density at radius 2 is 2.17 bits per heavy atom. The lowest BCUT2D eigenvalue weighted by atomic mass is 10.0. The van der Waals surface area contributed by atoms with E-state index in [1.165, 1.54) is 6.08 Å². The molecule has 5 nitrogen and oxygen atoms in total. The van der Waals surface area contributed by atoms with Crippen LogP contribution < -0.4 is 0 Å². The first-order chi connectivity index (χ1) is 11.2. The molecule has 0 spiro atoms. The van der Waals surface area contributed by atoms with Crippen LogP contribution in [0.15, 0.2) is 65.8 Å².